The molecule has 0 bridgehead atoms. The van der Waals surface area contributed by atoms with E-state index in [0.29, 0.717) is 29.4 Å². The Hall–Kier alpha value is -3.08. The van der Waals surface area contributed by atoms with Crippen LogP contribution in [-0.2, 0) is 6.61 Å². The van der Waals surface area contributed by atoms with Crippen LogP contribution in [0.25, 0.3) is 0 Å². The van der Waals surface area contributed by atoms with Crippen molar-refractivity contribution in [2.24, 2.45) is 0 Å². The van der Waals surface area contributed by atoms with E-state index in [-0.39, 0.29) is 11.7 Å². The van der Waals surface area contributed by atoms with Gasteiger partial charge >= 0.3 is 0 Å². The molecule has 4 nitrogen and oxygen atoms in total. The summed E-state index contributed by atoms with van der Waals surface area (Å²) in [6.07, 6.45) is 1.48. The summed E-state index contributed by atoms with van der Waals surface area (Å²) in [6, 6.07) is 14.8. The molecule has 0 atom stereocenters. The molecule has 0 aliphatic carbocycles. The van der Waals surface area contributed by atoms with Crippen molar-refractivity contribution in [1.82, 2.24) is 0 Å². The van der Waals surface area contributed by atoms with Crippen LogP contribution in [0.2, 0.25) is 0 Å². The van der Waals surface area contributed by atoms with E-state index in [9.17, 15) is 9.18 Å². The average Bonchev–Trinajstić information content (AvgIpc) is 3.01. The monoisotopic (exact) mass is 325 g/mol. The first-order valence-electron chi connectivity index (χ1n) is 7.44. The lowest BCUT2D eigenvalue weighted by Gasteiger charge is -2.09. The number of nitrogens with one attached hydrogen (secondary N) is 1. The summed E-state index contributed by atoms with van der Waals surface area (Å²) >= 11 is 0. The molecule has 2 aromatic carbocycles. The predicted molar refractivity (Wildman–Crippen MR) is 88.6 cm³/mol. The number of carbonyl (C=O) groups excluding carboxylic acids is 1. The van der Waals surface area contributed by atoms with Gasteiger partial charge in [-0.05, 0) is 42.8 Å². The third-order valence-corrected chi connectivity index (χ3v) is 3.51. The van der Waals surface area contributed by atoms with Gasteiger partial charge in [0.2, 0.25) is 0 Å². The number of ether oxygens (including phenoxy) is 1. The quantitative estimate of drug-likeness (QED) is 0.748. The molecule has 3 rings (SSSR count). The first kappa shape index (κ1) is 15.8. The third kappa shape index (κ3) is 3.81. The van der Waals surface area contributed by atoms with Crippen molar-refractivity contribution in [3.63, 3.8) is 0 Å². The molecule has 5 heteroatoms. The molecule has 0 aliphatic rings. The Morgan fingerprint density at radius 1 is 1.17 bits per heavy atom. The maximum absolute atomic E-state index is 12.9. The second-order valence-electron chi connectivity index (χ2n) is 5.29. The first-order valence-corrected chi connectivity index (χ1v) is 7.44. The van der Waals surface area contributed by atoms with Crippen molar-refractivity contribution >= 4 is 11.6 Å². The van der Waals surface area contributed by atoms with Crippen LogP contribution < -0.4 is 10.1 Å². The molecule has 24 heavy (non-hydrogen) atoms. The van der Waals surface area contributed by atoms with Gasteiger partial charge in [-0.15, -0.1) is 0 Å². The van der Waals surface area contributed by atoms with Crippen molar-refractivity contribution in [3.8, 4) is 5.75 Å². The van der Waals surface area contributed by atoms with Gasteiger partial charge in [0.25, 0.3) is 5.91 Å². The van der Waals surface area contributed by atoms with Crippen LogP contribution in [0.15, 0.2) is 65.3 Å². The Morgan fingerprint density at radius 3 is 2.67 bits per heavy atom. The summed E-state index contributed by atoms with van der Waals surface area (Å²) in [5.41, 5.74) is 1.98. The summed E-state index contributed by atoms with van der Waals surface area (Å²) in [5.74, 6) is 0.659. The minimum Gasteiger partial charge on any atom is -0.489 e. The van der Waals surface area contributed by atoms with Gasteiger partial charge in [-0.2, -0.15) is 0 Å². The summed E-state index contributed by atoms with van der Waals surface area (Å²) in [4.78, 5) is 12.2. The normalized spacial score (nSPS) is 10.4. The Labute approximate surface area is 138 Å². The van der Waals surface area contributed by atoms with E-state index in [2.05, 4.69) is 5.32 Å². The summed E-state index contributed by atoms with van der Waals surface area (Å²) < 4.78 is 23.7. The summed E-state index contributed by atoms with van der Waals surface area (Å²) in [7, 11) is 0. The fourth-order valence-electron chi connectivity index (χ4n) is 2.23. The molecule has 1 heterocycles. The highest BCUT2D eigenvalue weighted by Crippen LogP contribution is 2.20. The largest absolute Gasteiger partial charge is 0.489 e. The number of anilines is 1. The summed E-state index contributed by atoms with van der Waals surface area (Å²) in [6.45, 7) is 2.05. The second kappa shape index (κ2) is 7.00. The second-order valence-corrected chi connectivity index (χ2v) is 5.29. The van der Waals surface area contributed by atoms with Crippen molar-refractivity contribution in [3.05, 3.63) is 83.6 Å². The number of carbonyl (C=O) groups is 1. The van der Waals surface area contributed by atoms with E-state index in [1.807, 2.05) is 0 Å². The average molecular weight is 325 g/mol. The zero-order valence-electron chi connectivity index (χ0n) is 13.1. The molecule has 0 aliphatic heterocycles. The van der Waals surface area contributed by atoms with Crippen LogP contribution in [0.3, 0.4) is 0 Å². The van der Waals surface area contributed by atoms with Crippen molar-refractivity contribution < 1.29 is 18.3 Å². The Morgan fingerprint density at radius 2 is 1.96 bits per heavy atom. The zero-order chi connectivity index (χ0) is 16.9. The van der Waals surface area contributed by atoms with Gasteiger partial charge in [0, 0.05) is 11.8 Å². The molecule has 0 radical (unpaired) electrons. The van der Waals surface area contributed by atoms with E-state index < -0.39 is 0 Å². The van der Waals surface area contributed by atoms with Gasteiger partial charge in [0.1, 0.15) is 23.9 Å². The Bertz CT molecular complexity index is 840. The van der Waals surface area contributed by atoms with Crippen molar-refractivity contribution in [2.75, 3.05) is 5.32 Å². The van der Waals surface area contributed by atoms with Crippen LogP contribution in [0.1, 0.15) is 21.7 Å². The SMILES string of the molecule is Cc1occc1C(=O)Nc1cccc(OCc2ccc(F)cc2)c1. The molecular weight excluding hydrogens is 309 g/mol. The van der Waals surface area contributed by atoms with Crippen LogP contribution in [0, 0.1) is 12.7 Å². The Kier molecular flexibility index (Phi) is 4.61. The number of aryl methyl sites for hydroxylation is 1. The van der Waals surface area contributed by atoms with E-state index in [0.717, 1.165) is 5.56 Å². The number of amides is 1. The molecule has 1 amide bonds. The van der Waals surface area contributed by atoms with Crippen LogP contribution in [0.5, 0.6) is 5.75 Å². The molecule has 1 N–H and O–H groups in total. The van der Waals surface area contributed by atoms with Gasteiger partial charge in [0.05, 0.1) is 11.8 Å². The number of hydrogen-bond donors (Lipinski definition) is 1. The number of rotatable bonds is 5. The van der Waals surface area contributed by atoms with Gasteiger partial charge in [0.15, 0.2) is 0 Å². The van der Waals surface area contributed by atoms with Gasteiger partial charge in [-0.3, -0.25) is 4.79 Å². The molecular formula is C19H16FNO3. The van der Waals surface area contributed by atoms with E-state index in [4.69, 9.17) is 9.15 Å². The molecule has 0 fully saturated rings. The highest BCUT2D eigenvalue weighted by Gasteiger charge is 2.11. The lowest BCUT2D eigenvalue weighted by Crippen LogP contribution is -2.12. The van der Waals surface area contributed by atoms with Gasteiger partial charge in [-0.1, -0.05) is 18.2 Å². The van der Waals surface area contributed by atoms with E-state index in [1.54, 1.807) is 49.4 Å². The van der Waals surface area contributed by atoms with Crippen LogP contribution in [-0.4, -0.2) is 5.91 Å². The van der Waals surface area contributed by atoms with E-state index in [1.165, 1.54) is 18.4 Å². The molecule has 1 aromatic heterocycles. The maximum atomic E-state index is 12.9. The molecule has 0 saturated heterocycles. The maximum Gasteiger partial charge on any atom is 0.259 e. The highest BCUT2D eigenvalue weighted by molar-refractivity contribution is 6.04. The zero-order valence-corrected chi connectivity index (χ0v) is 13.1. The number of halogens is 1. The molecule has 122 valence electrons. The smallest absolute Gasteiger partial charge is 0.259 e. The first-order chi connectivity index (χ1) is 11.6. The fraction of sp³-hybridized carbons (Fsp3) is 0.105. The number of hydrogen-bond acceptors (Lipinski definition) is 3. The third-order valence-electron chi connectivity index (χ3n) is 3.51. The molecule has 0 spiro atoms. The van der Waals surface area contributed by atoms with Crippen molar-refractivity contribution in [2.45, 2.75) is 13.5 Å². The lowest BCUT2D eigenvalue weighted by molar-refractivity contribution is 0.102. The minimum atomic E-state index is -0.280. The molecule has 0 unspecified atom stereocenters. The number of furan rings is 1. The van der Waals surface area contributed by atoms with E-state index >= 15 is 0 Å². The van der Waals surface area contributed by atoms with Crippen LogP contribution in [0.4, 0.5) is 10.1 Å². The fourth-order valence-corrected chi connectivity index (χ4v) is 2.23. The lowest BCUT2D eigenvalue weighted by atomic mass is 10.2. The minimum absolute atomic E-state index is 0.239. The van der Waals surface area contributed by atoms with Gasteiger partial charge in [-0.25, -0.2) is 4.39 Å². The Balaban J connectivity index is 1.64. The predicted octanol–water partition coefficient (Wildman–Crippen LogP) is 4.56. The van der Waals surface area contributed by atoms with Crippen LogP contribution >= 0.6 is 0 Å². The molecule has 3 aromatic rings. The van der Waals surface area contributed by atoms with Gasteiger partial charge < -0.3 is 14.5 Å². The standard InChI is InChI=1S/C19H16FNO3/c1-13-18(9-10-23-13)19(22)21-16-3-2-4-17(11-16)24-12-14-5-7-15(20)8-6-14/h2-11H,12H2,1H3,(H,21,22). The highest BCUT2D eigenvalue weighted by atomic mass is 19.1. The summed E-state index contributed by atoms with van der Waals surface area (Å²) in [5, 5.41) is 2.80. The molecule has 0 saturated carbocycles. The topological polar surface area (TPSA) is 51.5 Å². The number of benzene rings is 2. The van der Waals surface area contributed by atoms with Crippen molar-refractivity contribution in [1.29, 1.82) is 0 Å².